The molecule has 19 heavy (non-hydrogen) atoms. The predicted molar refractivity (Wildman–Crippen MR) is 76.1 cm³/mol. The molecule has 1 fully saturated rings. The summed E-state index contributed by atoms with van der Waals surface area (Å²) in [5.41, 5.74) is 13.0. The Morgan fingerprint density at radius 3 is 2.95 bits per heavy atom. The van der Waals surface area contributed by atoms with Gasteiger partial charge in [0.2, 0.25) is 5.91 Å². The average Bonchev–Trinajstić information content (AvgIpc) is 2.42. The number of amides is 1. The van der Waals surface area contributed by atoms with E-state index in [0.29, 0.717) is 17.4 Å². The van der Waals surface area contributed by atoms with Crippen LogP contribution in [0.3, 0.4) is 0 Å². The van der Waals surface area contributed by atoms with E-state index in [1.165, 1.54) is 6.42 Å². The number of primary amides is 1. The highest BCUT2D eigenvalue weighted by Gasteiger charge is 2.13. The molecule has 1 aromatic carbocycles. The molecule has 1 saturated heterocycles. The molecule has 104 valence electrons. The van der Waals surface area contributed by atoms with Crippen molar-refractivity contribution in [2.75, 3.05) is 24.2 Å². The molecule has 1 amide bonds. The first-order valence-corrected chi connectivity index (χ1v) is 6.71. The number of hydrogen-bond donors (Lipinski definition) is 3. The third-order valence-electron chi connectivity index (χ3n) is 3.39. The Kier molecular flexibility index (Phi) is 4.63. The van der Waals surface area contributed by atoms with Gasteiger partial charge >= 0.3 is 0 Å². The molecule has 1 heterocycles. The number of hydrogen-bond acceptors (Lipinski definition) is 4. The normalized spacial score (nSPS) is 19.1. The maximum Gasteiger partial charge on any atom is 0.248 e. The third-order valence-corrected chi connectivity index (χ3v) is 3.39. The molecule has 5 nitrogen and oxygen atoms in total. The van der Waals surface area contributed by atoms with Gasteiger partial charge in [-0.05, 0) is 43.9 Å². The largest absolute Gasteiger partial charge is 0.397 e. The highest BCUT2D eigenvalue weighted by atomic mass is 16.5. The summed E-state index contributed by atoms with van der Waals surface area (Å²) in [6, 6.07) is 5.02. The van der Waals surface area contributed by atoms with Crippen molar-refractivity contribution >= 4 is 17.3 Å². The van der Waals surface area contributed by atoms with Crippen molar-refractivity contribution in [1.82, 2.24) is 0 Å². The zero-order chi connectivity index (χ0) is 13.7. The zero-order valence-electron chi connectivity index (χ0n) is 11.0. The van der Waals surface area contributed by atoms with E-state index in [0.717, 1.165) is 38.1 Å². The Morgan fingerprint density at radius 1 is 1.42 bits per heavy atom. The molecule has 0 radical (unpaired) electrons. The molecule has 1 atom stereocenters. The number of nitrogens with one attached hydrogen (secondary N) is 1. The Balaban J connectivity index is 1.87. The van der Waals surface area contributed by atoms with E-state index in [9.17, 15) is 4.79 Å². The lowest BCUT2D eigenvalue weighted by molar-refractivity contribution is 0.0134. The molecule has 1 aromatic rings. The van der Waals surface area contributed by atoms with E-state index >= 15 is 0 Å². The number of anilines is 2. The van der Waals surface area contributed by atoms with E-state index in [4.69, 9.17) is 16.2 Å². The summed E-state index contributed by atoms with van der Waals surface area (Å²) in [6.45, 7) is 1.64. The Hall–Kier alpha value is -1.75. The van der Waals surface area contributed by atoms with Crippen molar-refractivity contribution in [3.8, 4) is 0 Å². The fourth-order valence-corrected chi connectivity index (χ4v) is 2.27. The summed E-state index contributed by atoms with van der Waals surface area (Å²) in [5.74, 6) is -0.446. The van der Waals surface area contributed by atoms with E-state index in [2.05, 4.69) is 5.32 Å². The Bertz CT molecular complexity index is 442. The van der Waals surface area contributed by atoms with Crippen molar-refractivity contribution in [1.29, 1.82) is 0 Å². The quantitative estimate of drug-likeness (QED) is 0.706. The minimum atomic E-state index is -0.446. The van der Waals surface area contributed by atoms with E-state index < -0.39 is 5.91 Å². The van der Waals surface area contributed by atoms with Crippen LogP contribution in [0.2, 0.25) is 0 Å². The highest BCUT2D eigenvalue weighted by Crippen LogP contribution is 2.21. The fraction of sp³-hybridized carbons (Fsp3) is 0.500. The van der Waals surface area contributed by atoms with Crippen LogP contribution < -0.4 is 16.8 Å². The summed E-state index contributed by atoms with van der Waals surface area (Å²) in [7, 11) is 0. The lowest BCUT2D eigenvalue weighted by Crippen LogP contribution is -2.22. The predicted octanol–water partition coefficient (Wildman–Crippen LogP) is 1.74. The molecule has 2 rings (SSSR count). The monoisotopic (exact) mass is 263 g/mol. The van der Waals surface area contributed by atoms with Gasteiger partial charge < -0.3 is 21.5 Å². The van der Waals surface area contributed by atoms with Crippen LogP contribution in [0, 0.1) is 0 Å². The van der Waals surface area contributed by atoms with Crippen LogP contribution in [0.5, 0.6) is 0 Å². The van der Waals surface area contributed by atoms with E-state index in [-0.39, 0.29) is 0 Å². The average molecular weight is 263 g/mol. The molecule has 1 aliphatic heterocycles. The van der Waals surface area contributed by atoms with E-state index in [1.54, 1.807) is 18.2 Å². The van der Waals surface area contributed by atoms with Crippen LogP contribution in [0.1, 0.15) is 36.0 Å². The number of carbonyl (C=O) groups excluding carboxylic acids is 1. The molecular formula is C14H21N3O2. The second-order valence-electron chi connectivity index (χ2n) is 4.87. The summed E-state index contributed by atoms with van der Waals surface area (Å²) < 4.78 is 5.66. The number of carbonyl (C=O) groups is 1. The van der Waals surface area contributed by atoms with Gasteiger partial charge in [-0.15, -0.1) is 0 Å². The van der Waals surface area contributed by atoms with Crippen LogP contribution in [0.15, 0.2) is 18.2 Å². The second kappa shape index (κ2) is 6.43. The lowest BCUT2D eigenvalue weighted by Gasteiger charge is -2.22. The standard InChI is InChI=1S/C14H21N3O2/c15-12-5-4-10(14(16)18)9-13(12)17-7-6-11-3-1-2-8-19-11/h4-5,9,11,17H,1-3,6-8,15H2,(H2,16,18). The van der Waals surface area contributed by atoms with Crippen molar-refractivity contribution in [2.24, 2.45) is 5.73 Å². The molecule has 0 saturated carbocycles. The molecule has 5 heteroatoms. The van der Waals surface area contributed by atoms with Gasteiger partial charge in [0, 0.05) is 18.7 Å². The maximum absolute atomic E-state index is 11.1. The van der Waals surface area contributed by atoms with Crippen molar-refractivity contribution in [3.63, 3.8) is 0 Å². The third kappa shape index (κ3) is 3.86. The molecule has 1 unspecified atom stereocenters. The van der Waals surface area contributed by atoms with Crippen LogP contribution in [-0.4, -0.2) is 25.2 Å². The number of ether oxygens (including phenoxy) is 1. The first-order chi connectivity index (χ1) is 9.16. The van der Waals surface area contributed by atoms with Crippen LogP contribution in [0.4, 0.5) is 11.4 Å². The smallest absolute Gasteiger partial charge is 0.248 e. The van der Waals surface area contributed by atoms with Crippen LogP contribution in [0.25, 0.3) is 0 Å². The maximum atomic E-state index is 11.1. The van der Waals surface area contributed by atoms with Crippen molar-refractivity contribution in [3.05, 3.63) is 23.8 Å². The van der Waals surface area contributed by atoms with Crippen molar-refractivity contribution in [2.45, 2.75) is 31.8 Å². The number of nitrogens with two attached hydrogens (primary N) is 2. The van der Waals surface area contributed by atoms with E-state index in [1.807, 2.05) is 0 Å². The number of benzene rings is 1. The molecule has 5 N–H and O–H groups in total. The summed E-state index contributed by atoms with van der Waals surface area (Å²) in [4.78, 5) is 11.1. The summed E-state index contributed by atoms with van der Waals surface area (Å²) >= 11 is 0. The highest BCUT2D eigenvalue weighted by molar-refractivity contribution is 5.94. The molecule has 1 aliphatic rings. The first-order valence-electron chi connectivity index (χ1n) is 6.71. The van der Waals surface area contributed by atoms with Gasteiger partial charge in [0.15, 0.2) is 0 Å². The van der Waals surface area contributed by atoms with Gasteiger partial charge in [-0.1, -0.05) is 0 Å². The fourth-order valence-electron chi connectivity index (χ4n) is 2.27. The minimum Gasteiger partial charge on any atom is -0.397 e. The molecule has 0 aromatic heterocycles. The van der Waals surface area contributed by atoms with Crippen LogP contribution in [-0.2, 0) is 4.74 Å². The summed E-state index contributed by atoms with van der Waals surface area (Å²) in [5, 5.41) is 3.24. The van der Waals surface area contributed by atoms with Gasteiger partial charge in [-0.3, -0.25) is 4.79 Å². The molecule has 0 spiro atoms. The lowest BCUT2D eigenvalue weighted by atomic mass is 10.1. The minimum absolute atomic E-state index is 0.335. The van der Waals surface area contributed by atoms with Crippen LogP contribution >= 0.6 is 0 Å². The summed E-state index contributed by atoms with van der Waals surface area (Å²) in [6.07, 6.45) is 4.81. The molecule has 0 bridgehead atoms. The number of rotatable bonds is 5. The molecule has 0 aliphatic carbocycles. The van der Waals surface area contributed by atoms with Crippen molar-refractivity contribution < 1.29 is 9.53 Å². The van der Waals surface area contributed by atoms with Gasteiger partial charge in [0.1, 0.15) is 0 Å². The number of nitrogen functional groups attached to an aromatic ring is 1. The van der Waals surface area contributed by atoms with Gasteiger partial charge in [0.25, 0.3) is 0 Å². The van der Waals surface area contributed by atoms with Gasteiger partial charge in [-0.25, -0.2) is 0 Å². The Morgan fingerprint density at radius 2 is 2.26 bits per heavy atom. The van der Waals surface area contributed by atoms with Gasteiger partial charge in [0.05, 0.1) is 17.5 Å². The molecular weight excluding hydrogens is 242 g/mol. The topological polar surface area (TPSA) is 90.4 Å². The SMILES string of the molecule is NC(=O)c1ccc(N)c(NCCC2CCCCO2)c1. The zero-order valence-corrected chi connectivity index (χ0v) is 11.0. The first kappa shape index (κ1) is 13.7. The van der Waals surface area contributed by atoms with Gasteiger partial charge in [-0.2, -0.15) is 0 Å². The Labute approximate surface area is 113 Å². The second-order valence-corrected chi connectivity index (χ2v) is 4.87.